The third-order valence-electron chi connectivity index (χ3n) is 7.91. The maximum Gasteiger partial charge on any atom is 0.259 e. The molecule has 2 heterocycles. The van der Waals surface area contributed by atoms with Crippen molar-refractivity contribution in [1.29, 1.82) is 0 Å². The van der Waals surface area contributed by atoms with E-state index in [-0.39, 0.29) is 11.3 Å². The van der Waals surface area contributed by atoms with Crippen molar-refractivity contribution in [2.75, 3.05) is 24.5 Å². The number of hydrogen-bond donors (Lipinski definition) is 0. The molecule has 1 saturated heterocycles. The number of nitrogens with zero attached hydrogens (tertiary/aromatic N) is 2. The van der Waals surface area contributed by atoms with Gasteiger partial charge in [0.1, 0.15) is 0 Å². The van der Waals surface area contributed by atoms with Gasteiger partial charge < -0.3 is 4.90 Å². The van der Waals surface area contributed by atoms with Crippen LogP contribution in [0.5, 0.6) is 0 Å². The fraction of sp³-hybridized carbons (Fsp3) is 0.258. The van der Waals surface area contributed by atoms with Gasteiger partial charge in [-0.1, -0.05) is 77.3 Å². The molecule has 0 saturated carbocycles. The molecular formula is C31H28Cl2N2O. The zero-order chi connectivity index (χ0) is 24.9. The number of hydrogen-bond acceptors (Lipinski definition) is 2. The summed E-state index contributed by atoms with van der Waals surface area (Å²) in [5.41, 5.74) is 5.35. The number of carbonyl (C=O) groups excluding carboxylic acids is 1. The number of carbonyl (C=O) groups is 1. The molecule has 5 heteroatoms. The summed E-state index contributed by atoms with van der Waals surface area (Å²) in [4.78, 5) is 18.1. The fourth-order valence-corrected chi connectivity index (χ4v) is 6.42. The van der Waals surface area contributed by atoms with Gasteiger partial charge in [-0.25, -0.2) is 0 Å². The van der Waals surface area contributed by atoms with Crippen LogP contribution < -0.4 is 4.90 Å². The van der Waals surface area contributed by atoms with E-state index in [9.17, 15) is 4.79 Å². The number of piperidine rings is 1. The quantitative estimate of drug-likeness (QED) is 0.280. The van der Waals surface area contributed by atoms with Crippen LogP contribution in [-0.2, 0) is 12.0 Å². The highest BCUT2D eigenvalue weighted by Crippen LogP contribution is 2.48. The summed E-state index contributed by atoms with van der Waals surface area (Å²) in [6.07, 6.45) is 2.05. The Kier molecular flexibility index (Phi) is 6.03. The second-order valence-corrected chi connectivity index (χ2v) is 11.1. The van der Waals surface area contributed by atoms with Crippen molar-refractivity contribution in [3.05, 3.63) is 111 Å². The zero-order valence-electron chi connectivity index (χ0n) is 20.3. The van der Waals surface area contributed by atoms with Crippen molar-refractivity contribution in [3.8, 4) is 0 Å². The summed E-state index contributed by atoms with van der Waals surface area (Å²) in [5.74, 6) is -0.0581. The van der Waals surface area contributed by atoms with E-state index >= 15 is 0 Å². The molecule has 4 aromatic rings. The Balaban J connectivity index is 1.24. The molecule has 0 N–H and O–H groups in total. The van der Waals surface area contributed by atoms with Gasteiger partial charge in [-0.3, -0.25) is 9.69 Å². The number of aryl methyl sites for hydroxylation is 1. The Morgan fingerprint density at radius 1 is 0.889 bits per heavy atom. The van der Waals surface area contributed by atoms with Crippen molar-refractivity contribution in [2.45, 2.75) is 31.7 Å². The van der Waals surface area contributed by atoms with E-state index in [1.54, 1.807) is 18.2 Å². The molecule has 2 aliphatic heterocycles. The zero-order valence-corrected chi connectivity index (χ0v) is 21.8. The molecule has 0 radical (unpaired) electrons. The summed E-state index contributed by atoms with van der Waals surface area (Å²) >= 11 is 12.5. The molecule has 4 aromatic carbocycles. The van der Waals surface area contributed by atoms with Crippen LogP contribution >= 0.6 is 23.2 Å². The van der Waals surface area contributed by atoms with E-state index in [2.05, 4.69) is 72.5 Å². The lowest BCUT2D eigenvalue weighted by molar-refractivity contribution is 0.0975. The Morgan fingerprint density at radius 2 is 1.67 bits per heavy atom. The predicted octanol–water partition coefficient (Wildman–Crippen LogP) is 7.65. The summed E-state index contributed by atoms with van der Waals surface area (Å²) < 4.78 is 0. The third kappa shape index (κ3) is 4.20. The number of rotatable bonds is 3. The van der Waals surface area contributed by atoms with Gasteiger partial charge in [-0.15, -0.1) is 0 Å². The molecule has 0 unspecified atom stereocenters. The average Bonchev–Trinajstić information content (AvgIpc) is 3.18. The second kappa shape index (κ2) is 9.23. The van der Waals surface area contributed by atoms with Gasteiger partial charge in [0.15, 0.2) is 0 Å². The Morgan fingerprint density at radius 3 is 2.44 bits per heavy atom. The molecule has 1 fully saturated rings. The monoisotopic (exact) mass is 514 g/mol. The molecule has 0 atom stereocenters. The van der Waals surface area contributed by atoms with Crippen LogP contribution in [0.3, 0.4) is 0 Å². The highest BCUT2D eigenvalue weighted by atomic mass is 35.5. The van der Waals surface area contributed by atoms with E-state index in [4.69, 9.17) is 23.2 Å². The number of fused-ring (bicyclic) bond motifs is 3. The predicted molar refractivity (Wildman–Crippen MR) is 149 cm³/mol. The Labute approximate surface area is 222 Å². The van der Waals surface area contributed by atoms with Crippen LogP contribution in [0.4, 0.5) is 5.69 Å². The van der Waals surface area contributed by atoms with Crippen LogP contribution in [0.15, 0.2) is 78.9 Å². The standard InChI is InChI=1S/C31H28Cl2N2O/c1-21-6-11-29-27(16-21)31(20-35(29)30(36)26-10-9-25(32)18-28(26)33)12-14-34(15-13-31)19-22-7-8-23-4-2-3-5-24(23)17-22/h2-11,16-18H,12-15,19-20H2,1H3. The van der Waals surface area contributed by atoms with Crippen LogP contribution in [0, 0.1) is 6.92 Å². The van der Waals surface area contributed by atoms with Crippen molar-refractivity contribution in [2.24, 2.45) is 0 Å². The first-order valence-corrected chi connectivity index (χ1v) is 13.3. The molecule has 1 spiro atoms. The van der Waals surface area contributed by atoms with Gasteiger partial charge in [0.25, 0.3) is 5.91 Å². The summed E-state index contributed by atoms with van der Waals surface area (Å²) in [5, 5.41) is 3.50. The van der Waals surface area contributed by atoms with E-state index < -0.39 is 0 Å². The minimum absolute atomic E-state index is 0.0319. The average molecular weight is 515 g/mol. The normalized spacial score (nSPS) is 17.0. The van der Waals surface area contributed by atoms with Crippen LogP contribution in [0.1, 0.15) is 39.9 Å². The molecule has 0 aromatic heterocycles. The number of halogens is 2. The minimum atomic E-state index is -0.0581. The van der Waals surface area contributed by atoms with Crippen molar-refractivity contribution in [3.63, 3.8) is 0 Å². The van der Waals surface area contributed by atoms with E-state index in [1.807, 2.05) is 4.90 Å². The largest absolute Gasteiger partial charge is 0.307 e. The van der Waals surface area contributed by atoms with Gasteiger partial charge in [0, 0.05) is 29.2 Å². The minimum Gasteiger partial charge on any atom is -0.307 e. The lowest BCUT2D eigenvalue weighted by atomic mass is 9.74. The highest BCUT2D eigenvalue weighted by molar-refractivity contribution is 6.37. The summed E-state index contributed by atoms with van der Waals surface area (Å²) in [6, 6.07) is 26.9. The molecule has 182 valence electrons. The van der Waals surface area contributed by atoms with E-state index in [0.29, 0.717) is 22.2 Å². The first-order valence-electron chi connectivity index (χ1n) is 12.5. The Bertz CT molecular complexity index is 1470. The smallest absolute Gasteiger partial charge is 0.259 e. The number of anilines is 1. The van der Waals surface area contributed by atoms with Gasteiger partial charge in [-0.05, 0) is 85.1 Å². The summed E-state index contributed by atoms with van der Waals surface area (Å²) in [6.45, 7) is 5.77. The Hall–Kier alpha value is -2.85. The molecule has 2 aliphatic rings. The number of amides is 1. The molecule has 6 rings (SSSR count). The fourth-order valence-electron chi connectivity index (χ4n) is 5.93. The number of benzene rings is 4. The molecule has 36 heavy (non-hydrogen) atoms. The third-order valence-corrected chi connectivity index (χ3v) is 8.46. The van der Waals surface area contributed by atoms with Gasteiger partial charge in [0.2, 0.25) is 0 Å². The van der Waals surface area contributed by atoms with Gasteiger partial charge in [-0.2, -0.15) is 0 Å². The van der Waals surface area contributed by atoms with Crippen LogP contribution in [0.25, 0.3) is 10.8 Å². The number of likely N-dealkylation sites (tertiary alicyclic amines) is 1. The van der Waals surface area contributed by atoms with Crippen LogP contribution in [0.2, 0.25) is 10.0 Å². The maximum atomic E-state index is 13.7. The van der Waals surface area contributed by atoms with Crippen molar-refractivity contribution in [1.82, 2.24) is 4.90 Å². The lowest BCUT2D eigenvalue weighted by Gasteiger charge is -2.40. The summed E-state index contributed by atoms with van der Waals surface area (Å²) in [7, 11) is 0. The molecule has 1 amide bonds. The molecule has 3 nitrogen and oxygen atoms in total. The first kappa shape index (κ1) is 23.5. The second-order valence-electron chi connectivity index (χ2n) is 10.3. The van der Waals surface area contributed by atoms with Crippen LogP contribution in [-0.4, -0.2) is 30.4 Å². The molecular weight excluding hydrogens is 487 g/mol. The van der Waals surface area contributed by atoms with Gasteiger partial charge >= 0.3 is 0 Å². The van der Waals surface area contributed by atoms with Gasteiger partial charge in [0.05, 0.1) is 10.6 Å². The molecule has 0 bridgehead atoms. The highest BCUT2D eigenvalue weighted by Gasteiger charge is 2.46. The SMILES string of the molecule is Cc1ccc2c(c1)C1(CCN(Cc3ccc4ccccc4c3)CC1)CN2C(=O)c1ccc(Cl)cc1Cl. The van der Waals surface area contributed by atoms with E-state index in [1.165, 1.54) is 27.5 Å². The maximum absolute atomic E-state index is 13.7. The lowest BCUT2D eigenvalue weighted by Crippen LogP contribution is -2.45. The van der Waals surface area contributed by atoms with Crippen molar-refractivity contribution < 1.29 is 4.79 Å². The van der Waals surface area contributed by atoms with Crippen molar-refractivity contribution >= 4 is 45.6 Å². The molecule has 0 aliphatic carbocycles. The first-order chi connectivity index (χ1) is 17.4. The topological polar surface area (TPSA) is 23.6 Å². The van der Waals surface area contributed by atoms with E-state index in [0.717, 1.165) is 38.2 Å².